The summed E-state index contributed by atoms with van der Waals surface area (Å²) in [4.78, 5) is 13.3. The van der Waals surface area contributed by atoms with E-state index in [0.29, 0.717) is 22.9 Å². The van der Waals surface area contributed by atoms with Gasteiger partial charge in [0.05, 0.1) is 6.04 Å². The summed E-state index contributed by atoms with van der Waals surface area (Å²) in [5.41, 5.74) is 5.39. The van der Waals surface area contributed by atoms with Crippen molar-refractivity contribution in [3.05, 3.63) is 112 Å². The van der Waals surface area contributed by atoms with Crippen LogP contribution in [-0.4, -0.2) is 10.9 Å². The van der Waals surface area contributed by atoms with Crippen LogP contribution in [-0.2, 0) is 6.61 Å². The average molecular weight is 429 g/mol. The molecule has 31 heavy (non-hydrogen) atoms. The van der Waals surface area contributed by atoms with Gasteiger partial charge in [0.25, 0.3) is 0 Å². The monoisotopic (exact) mass is 428 g/mol. The molecule has 0 amide bonds. The lowest BCUT2D eigenvalue weighted by molar-refractivity contribution is 0.102. The van der Waals surface area contributed by atoms with Gasteiger partial charge >= 0.3 is 0 Å². The number of nitrogens with one attached hydrogen (secondary N) is 2. The van der Waals surface area contributed by atoms with Crippen molar-refractivity contribution in [2.75, 3.05) is 0 Å². The molecule has 0 radical (unpaired) electrons. The first-order valence-electron chi connectivity index (χ1n) is 10.2. The third kappa shape index (κ3) is 4.67. The SMILES string of the molecule is CC1=C(C(=O)c2ccccc2)C(c2ccc(OCc3ccccc3C)cc2)NC(=S)N1. The van der Waals surface area contributed by atoms with E-state index in [1.165, 1.54) is 5.56 Å². The van der Waals surface area contributed by atoms with E-state index in [4.69, 9.17) is 17.0 Å². The Morgan fingerprint density at radius 3 is 2.32 bits per heavy atom. The Kier molecular flexibility index (Phi) is 6.14. The minimum Gasteiger partial charge on any atom is -0.489 e. The summed E-state index contributed by atoms with van der Waals surface area (Å²) in [6.45, 7) is 4.47. The second kappa shape index (κ2) is 9.14. The number of allylic oxidation sites excluding steroid dienone is 1. The number of carbonyl (C=O) groups excluding carboxylic acids is 1. The number of benzene rings is 3. The summed E-state index contributed by atoms with van der Waals surface area (Å²) >= 11 is 5.36. The Hall–Kier alpha value is -3.44. The Balaban J connectivity index is 1.56. The molecule has 5 heteroatoms. The van der Waals surface area contributed by atoms with E-state index in [-0.39, 0.29) is 11.8 Å². The molecule has 1 aliphatic rings. The molecule has 0 saturated carbocycles. The van der Waals surface area contributed by atoms with Crippen molar-refractivity contribution < 1.29 is 9.53 Å². The molecule has 0 aromatic heterocycles. The van der Waals surface area contributed by atoms with Crippen LogP contribution in [0.3, 0.4) is 0 Å². The lowest BCUT2D eigenvalue weighted by Gasteiger charge is -2.30. The standard InChI is InChI=1S/C26H24N2O2S/c1-17-8-6-7-11-21(17)16-30-22-14-12-19(13-15-22)24-23(18(2)27-26(31)28-24)25(29)20-9-4-3-5-10-20/h3-15,24H,16H2,1-2H3,(H2,27,28,31). The molecule has 3 aromatic carbocycles. The van der Waals surface area contributed by atoms with Gasteiger partial charge in [0, 0.05) is 16.8 Å². The number of ether oxygens (including phenoxy) is 1. The minimum atomic E-state index is -0.327. The van der Waals surface area contributed by atoms with Gasteiger partial charge in [0.1, 0.15) is 12.4 Å². The van der Waals surface area contributed by atoms with Crippen LogP contribution in [0.5, 0.6) is 5.75 Å². The highest BCUT2D eigenvalue weighted by molar-refractivity contribution is 7.80. The van der Waals surface area contributed by atoms with Crippen LogP contribution >= 0.6 is 12.2 Å². The highest BCUT2D eigenvalue weighted by atomic mass is 32.1. The molecule has 0 spiro atoms. The van der Waals surface area contributed by atoms with Gasteiger partial charge in [-0.25, -0.2) is 0 Å². The van der Waals surface area contributed by atoms with Crippen molar-refractivity contribution in [1.29, 1.82) is 0 Å². The van der Waals surface area contributed by atoms with Crippen molar-refractivity contribution >= 4 is 23.1 Å². The van der Waals surface area contributed by atoms with Crippen LogP contribution < -0.4 is 15.4 Å². The van der Waals surface area contributed by atoms with E-state index in [9.17, 15) is 4.79 Å². The number of Topliss-reactive ketones (excluding diaryl/α,β-unsaturated/α-hetero) is 1. The summed E-state index contributed by atoms with van der Waals surface area (Å²) in [6.07, 6.45) is 0. The molecular formula is C26H24N2O2S. The fourth-order valence-corrected chi connectivity index (χ4v) is 3.95. The number of hydrogen-bond acceptors (Lipinski definition) is 3. The van der Waals surface area contributed by atoms with E-state index < -0.39 is 0 Å². The summed E-state index contributed by atoms with van der Waals surface area (Å²) < 4.78 is 5.96. The van der Waals surface area contributed by atoms with Crippen LogP contribution in [0.1, 0.15) is 40.0 Å². The number of thiocarbonyl (C=S) groups is 1. The van der Waals surface area contributed by atoms with Gasteiger partial charge in [-0.3, -0.25) is 4.79 Å². The number of ketones is 1. The maximum atomic E-state index is 13.3. The maximum Gasteiger partial charge on any atom is 0.193 e. The third-order valence-electron chi connectivity index (χ3n) is 5.42. The van der Waals surface area contributed by atoms with Crippen molar-refractivity contribution in [2.45, 2.75) is 26.5 Å². The van der Waals surface area contributed by atoms with Gasteiger partial charge in [-0.1, -0.05) is 66.7 Å². The fraction of sp³-hybridized carbons (Fsp3) is 0.154. The van der Waals surface area contributed by atoms with E-state index in [1.54, 1.807) is 0 Å². The van der Waals surface area contributed by atoms with E-state index in [1.807, 2.05) is 73.7 Å². The molecule has 1 heterocycles. The second-order valence-corrected chi connectivity index (χ2v) is 7.96. The Bertz CT molecular complexity index is 1140. The van der Waals surface area contributed by atoms with E-state index >= 15 is 0 Å². The van der Waals surface area contributed by atoms with Crippen molar-refractivity contribution in [3.8, 4) is 5.75 Å². The Morgan fingerprint density at radius 1 is 0.935 bits per heavy atom. The first kappa shape index (κ1) is 20.8. The zero-order valence-electron chi connectivity index (χ0n) is 17.5. The first-order valence-corrected chi connectivity index (χ1v) is 10.6. The minimum absolute atomic E-state index is 0.0227. The molecule has 4 rings (SSSR count). The summed E-state index contributed by atoms with van der Waals surface area (Å²) in [6, 6.07) is 25.0. The van der Waals surface area contributed by atoms with Crippen LogP contribution in [0.2, 0.25) is 0 Å². The zero-order valence-corrected chi connectivity index (χ0v) is 18.3. The molecule has 156 valence electrons. The van der Waals surface area contributed by atoms with Crippen molar-refractivity contribution in [1.82, 2.24) is 10.6 Å². The Labute approximate surface area is 188 Å². The molecule has 0 aliphatic carbocycles. The van der Waals surface area contributed by atoms with Crippen LogP contribution in [0.4, 0.5) is 0 Å². The predicted molar refractivity (Wildman–Crippen MR) is 127 cm³/mol. The third-order valence-corrected chi connectivity index (χ3v) is 5.64. The van der Waals surface area contributed by atoms with Crippen LogP contribution in [0.25, 0.3) is 0 Å². The van der Waals surface area contributed by atoms with Gasteiger partial charge in [0.2, 0.25) is 0 Å². The molecule has 3 aromatic rings. The van der Waals surface area contributed by atoms with Gasteiger partial charge in [-0.15, -0.1) is 0 Å². The maximum absolute atomic E-state index is 13.3. The van der Waals surface area contributed by atoms with Gasteiger partial charge in [-0.05, 0) is 54.9 Å². The molecule has 1 aliphatic heterocycles. The fourth-order valence-electron chi connectivity index (χ4n) is 3.68. The molecule has 4 nitrogen and oxygen atoms in total. The van der Waals surface area contributed by atoms with Gasteiger partial charge in [-0.2, -0.15) is 0 Å². The largest absolute Gasteiger partial charge is 0.489 e. The number of hydrogen-bond donors (Lipinski definition) is 2. The summed E-state index contributed by atoms with van der Waals surface area (Å²) in [5, 5.41) is 6.85. The highest BCUT2D eigenvalue weighted by Crippen LogP contribution is 2.30. The van der Waals surface area contributed by atoms with Crippen LogP contribution in [0, 0.1) is 6.92 Å². The predicted octanol–water partition coefficient (Wildman–Crippen LogP) is 5.25. The normalized spacial score (nSPS) is 15.8. The average Bonchev–Trinajstić information content (AvgIpc) is 2.78. The van der Waals surface area contributed by atoms with E-state index in [2.05, 4.69) is 29.7 Å². The quantitative estimate of drug-likeness (QED) is 0.415. The lowest BCUT2D eigenvalue weighted by atomic mass is 9.90. The smallest absolute Gasteiger partial charge is 0.193 e. The molecule has 0 fully saturated rings. The lowest BCUT2D eigenvalue weighted by Crippen LogP contribution is -2.44. The van der Waals surface area contributed by atoms with Gasteiger partial charge in [0.15, 0.2) is 10.9 Å². The summed E-state index contributed by atoms with van der Waals surface area (Å²) in [7, 11) is 0. The highest BCUT2D eigenvalue weighted by Gasteiger charge is 2.30. The Morgan fingerprint density at radius 2 is 1.61 bits per heavy atom. The van der Waals surface area contributed by atoms with Crippen LogP contribution in [0.15, 0.2) is 90.1 Å². The first-order chi connectivity index (χ1) is 15.0. The second-order valence-electron chi connectivity index (χ2n) is 7.55. The molecule has 2 N–H and O–H groups in total. The summed E-state index contributed by atoms with van der Waals surface area (Å²) in [5.74, 6) is 0.755. The molecule has 1 unspecified atom stereocenters. The number of carbonyl (C=O) groups is 1. The van der Waals surface area contributed by atoms with Crippen molar-refractivity contribution in [3.63, 3.8) is 0 Å². The molecule has 1 atom stereocenters. The zero-order chi connectivity index (χ0) is 21.8. The topological polar surface area (TPSA) is 50.4 Å². The van der Waals surface area contributed by atoms with E-state index in [0.717, 1.165) is 22.6 Å². The molecule has 0 saturated heterocycles. The number of rotatable bonds is 6. The number of aryl methyl sites for hydroxylation is 1. The van der Waals surface area contributed by atoms with Gasteiger partial charge < -0.3 is 15.4 Å². The molecule has 0 bridgehead atoms. The van der Waals surface area contributed by atoms with Crippen molar-refractivity contribution in [2.24, 2.45) is 0 Å². The molecular weight excluding hydrogens is 404 g/mol.